The summed E-state index contributed by atoms with van der Waals surface area (Å²) in [5.41, 5.74) is 2.63. The molecule has 4 aromatic rings. The number of aromatic nitrogens is 2. The van der Waals surface area contributed by atoms with Crippen LogP contribution in [0.2, 0.25) is 0 Å². The molecular weight excluding hydrogens is 420 g/mol. The fourth-order valence-corrected chi connectivity index (χ4v) is 3.41. The molecule has 3 aromatic carbocycles. The zero-order valence-electron chi connectivity index (χ0n) is 18.2. The number of hydrogen-bond donors (Lipinski definition) is 0. The smallest absolute Gasteiger partial charge is 0.357 e. The molecule has 1 heterocycles. The van der Waals surface area contributed by atoms with E-state index in [1.54, 1.807) is 36.4 Å². The number of methoxy groups -OCH3 is 2. The fourth-order valence-electron chi connectivity index (χ4n) is 3.41. The summed E-state index contributed by atoms with van der Waals surface area (Å²) in [6.45, 7) is 0.433. The van der Waals surface area contributed by atoms with E-state index in [2.05, 4.69) is 5.10 Å². The summed E-state index contributed by atoms with van der Waals surface area (Å²) in [4.78, 5) is 25.4. The molecule has 0 amide bonds. The Morgan fingerprint density at radius 1 is 0.788 bits per heavy atom. The zero-order chi connectivity index (χ0) is 23.2. The summed E-state index contributed by atoms with van der Waals surface area (Å²) in [5, 5.41) is 4.59. The molecule has 0 bridgehead atoms. The van der Waals surface area contributed by atoms with Crippen molar-refractivity contribution in [3.63, 3.8) is 0 Å². The van der Waals surface area contributed by atoms with Crippen LogP contribution in [0.1, 0.15) is 26.4 Å². The van der Waals surface area contributed by atoms with Crippen molar-refractivity contribution in [1.29, 1.82) is 0 Å². The van der Waals surface area contributed by atoms with E-state index >= 15 is 0 Å². The minimum absolute atomic E-state index is 0.00467. The number of nitrogens with zero attached hydrogens (tertiary/aromatic N) is 2. The summed E-state index contributed by atoms with van der Waals surface area (Å²) in [7, 11) is 2.51. The van der Waals surface area contributed by atoms with Crippen LogP contribution in [0.5, 0.6) is 5.75 Å². The maximum Gasteiger partial charge on any atom is 0.357 e. The number of ether oxygens (including phenoxy) is 3. The molecule has 0 aliphatic heterocycles. The Balaban J connectivity index is 1.74. The Kier molecular flexibility index (Phi) is 6.50. The van der Waals surface area contributed by atoms with Gasteiger partial charge in [-0.2, -0.15) is 5.10 Å². The van der Waals surface area contributed by atoms with Crippen molar-refractivity contribution in [1.82, 2.24) is 9.78 Å². The molecule has 0 radical (unpaired) electrons. The van der Waals surface area contributed by atoms with E-state index in [1.165, 1.54) is 18.9 Å². The number of carbonyl (C=O) groups excluding carboxylic acids is 2. The van der Waals surface area contributed by atoms with Gasteiger partial charge in [0.25, 0.3) is 0 Å². The highest BCUT2D eigenvalue weighted by Gasteiger charge is 2.31. The lowest BCUT2D eigenvalue weighted by molar-refractivity contribution is 0.0549. The molecule has 1 aromatic heterocycles. The molecule has 4 rings (SSSR count). The normalized spacial score (nSPS) is 10.5. The lowest BCUT2D eigenvalue weighted by atomic mass is 10.1. The Labute approximate surface area is 191 Å². The largest absolute Gasteiger partial charge is 0.489 e. The highest BCUT2D eigenvalue weighted by atomic mass is 16.5. The third-order valence-electron chi connectivity index (χ3n) is 5.03. The van der Waals surface area contributed by atoms with E-state index in [4.69, 9.17) is 14.2 Å². The number of carbonyl (C=O) groups is 2. The quantitative estimate of drug-likeness (QED) is 0.386. The second-order valence-corrected chi connectivity index (χ2v) is 7.10. The van der Waals surface area contributed by atoms with Crippen molar-refractivity contribution < 1.29 is 23.8 Å². The number of esters is 2. The van der Waals surface area contributed by atoms with Crippen LogP contribution in [0.4, 0.5) is 0 Å². The van der Waals surface area contributed by atoms with E-state index in [0.717, 1.165) is 5.56 Å². The van der Waals surface area contributed by atoms with Crippen molar-refractivity contribution >= 4 is 11.9 Å². The number of rotatable bonds is 7. The van der Waals surface area contributed by atoms with Crippen LogP contribution in [0.3, 0.4) is 0 Å². The van der Waals surface area contributed by atoms with Gasteiger partial charge >= 0.3 is 11.9 Å². The Hall–Kier alpha value is -4.39. The van der Waals surface area contributed by atoms with E-state index in [0.29, 0.717) is 29.3 Å². The van der Waals surface area contributed by atoms with Gasteiger partial charge in [0, 0.05) is 5.56 Å². The van der Waals surface area contributed by atoms with E-state index in [1.807, 2.05) is 48.5 Å². The second-order valence-electron chi connectivity index (χ2n) is 7.10. The Morgan fingerprint density at radius 2 is 1.39 bits per heavy atom. The predicted octanol–water partition coefficient (Wildman–Crippen LogP) is 4.69. The van der Waals surface area contributed by atoms with Crippen molar-refractivity contribution in [3.05, 3.63) is 102 Å². The average molecular weight is 442 g/mol. The van der Waals surface area contributed by atoms with Gasteiger partial charge in [0.1, 0.15) is 23.6 Å². The van der Waals surface area contributed by atoms with Gasteiger partial charge in [-0.3, -0.25) is 0 Å². The van der Waals surface area contributed by atoms with Gasteiger partial charge in [-0.05, 0) is 42.0 Å². The fraction of sp³-hybridized carbons (Fsp3) is 0.115. The highest BCUT2D eigenvalue weighted by molar-refractivity contribution is 6.06. The van der Waals surface area contributed by atoms with Gasteiger partial charge in [0.2, 0.25) is 0 Å². The molecule has 0 saturated heterocycles. The van der Waals surface area contributed by atoms with Crippen LogP contribution in [0.15, 0.2) is 84.9 Å². The van der Waals surface area contributed by atoms with Crippen LogP contribution < -0.4 is 4.74 Å². The SMILES string of the molecule is COC(=O)c1c(-c2ccc(OCc3ccccc3)cc2)nn(-c2ccccc2)c1C(=O)OC. The summed E-state index contributed by atoms with van der Waals surface area (Å²) in [6.07, 6.45) is 0. The standard InChI is InChI=1S/C26H22N2O5/c1-31-25(29)22-23(27-28(24(22)26(30)32-2)20-11-7-4-8-12-20)19-13-15-21(16-14-19)33-17-18-9-5-3-6-10-18/h3-16H,17H2,1-2H3. The van der Waals surface area contributed by atoms with Crippen LogP contribution in [-0.4, -0.2) is 35.9 Å². The summed E-state index contributed by atoms with van der Waals surface area (Å²) >= 11 is 0. The van der Waals surface area contributed by atoms with Crippen molar-refractivity contribution in [2.45, 2.75) is 6.61 Å². The molecule has 0 N–H and O–H groups in total. The average Bonchev–Trinajstić information content (AvgIpc) is 3.28. The maximum atomic E-state index is 12.7. The van der Waals surface area contributed by atoms with Gasteiger partial charge in [0.05, 0.1) is 19.9 Å². The predicted molar refractivity (Wildman–Crippen MR) is 122 cm³/mol. The molecule has 33 heavy (non-hydrogen) atoms. The van der Waals surface area contributed by atoms with Gasteiger partial charge in [-0.1, -0.05) is 48.5 Å². The molecule has 0 saturated carbocycles. The minimum Gasteiger partial charge on any atom is -0.489 e. The molecule has 0 aliphatic rings. The molecular formula is C26H22N2O5. The number of para-hydroxylation sites is 1. The lowest BCUT2D eigenvalue weighted by Crippen LogP contribution is -2.15. The Bertz CT molecular complexity index is 1250. The molecule has 0 fully saturated rings. The van der Waals surface area contributed by atoms with Crippen LogP contribution in [-0.2, 0) is 16.1 Å². The first-order chi connectivity index (χ1) is 16.1. The van der Waals surface area contributed by atoms with Gasteiger partial charge in [0.15, 0.2) is 5.69 Å². The summed E-state index contributed by atoms with van der Waals surface area (Å²) in [5.74, 6) is -0.712. The van der Waals surface area contributed by atoms with E-state index in [9.17, 15) is 9.59 Å². The summed E-state index contributed by atoms with van der Waals surface area (Å²) < 4.78 is 17.2. The van der Waals surface area contributed by atoms with E-state index in [-0.39, 0.29) is 11.3 Å². The molecule has 7 heteroatoms. The zero-order valence-corrected chi connectivity index (χ0v) is 18.2. The highest BCUT2D eigenvalue weighted by Crippen LogP contribution is 2.30. The first-order valence-corrected chi connectivity index (χ1v) is 10.2. The van der Waals surface area contributed by atoms with Crippen LogP contribution >= 0.6 is 0 Å². The topological polar surface area (TPSA) is 79.7 Å². The van der Waals surface area contributed by atoms with Crippen LogP contribution in [0.25, 0.3) is 16.9 Å². The molecule has 0 atom stereocenters. The molecule has 166 valence electrons. The van der Waals surface area contributed by atoms with Crippen molar-refractivity contribution in [2.24, 2.45) is 0 Å². The lowest BCUT2D eigenvalue weighted by Gasteiger charge is -2.07. The van der Waals surface area contributed by atoms with Crippen LogP contribution in [0, 0.1) is 0 Å². The number of hydrogen-bond acceptors (Lipinski definition) is 6. The molecule has 0 unspecified atom stereocenters. The van der Waals surface area contributed by atoms with Gasteiger partial charge in [-0.25, -0.2) is 14.3 Å². The maximum absolute atomic E-state index is 12.7. The number of benzene rings is 3. The second kappa shape index (κ2) is 9.82. The monoisotopic (exact) mass is 442 g/mol. The summed E-state index contributed by atoms with van der Waals surface area (Å²) in [6, 6.07) is 26.0. The van der Waals surface area contributed by atoms with Crippen molar-refractivity contribution in [2.75, 3.05) is 14.2 Å². The Morgan fingerprint density at radius 3 is 2.00 bits per heavy atom. The van der Waals surface area contributed by atoms with Gasteiger partial charge in [-0.15, -0.1) is 0 Å². The third-order valence-corrected chi connectivity index (χ3v) is 5.03. The first-order valence-electron chi connectivity index (χ1n) is 10.2. The first kappa shape index (κ1) is 21.8. The van der Waals surface area contributed by atoms with Crippen molar-refractivity contribution in [3.8, 4) is 22.7 Å². The molecule has 0 spiro atoms. The molecule has 7 nitrogen and oxygen atoms in total. The minimum atomic E-state index is -0.694. The molecule has 0 aliphatic carbocycles. The third kappa shape index (κ3) is 4.62. The van der Waals surface area contributed by atoms with Gasteiger partial charge < -0.3 is 14.2 Å². The van der Waals surface area contributed by atoms with E-state index < -0.39 is 11.9 Å².